The number of likely N-dealkylation sites (N-methyl/N-ethyl adjacent to an activating group) is 1. The van der Waals surface area contributed by atoms with E-state index in [4.69, 9.17) is 4.74 Å². The molecule has 0 spiro atoms. The molecule has 1 unspecified atom stereocenters. The highest BCUT2D eigenvalue weighted by atomic mass is 32.2. The fraction of sp³-hybridized carbons (Fsp3) is 0.900. The minimum absolute atomic E-state index is 0.100. The lowest BCUT2D eigenvalue weighted by molar-refractivity contribution is -0.118. The van der Waals surface area contributed by atoms with Crippen LogP contribution in [0.25, 0.3) is 0 Å². The summed E-state index contributed by atoms with van der Waals surface area (Å²) in [7, 11) is -0.231. The van der Waals surface area contributed by atoms with Crippen molar-refractivity contribution < 1.29 is 17.9 Å². The highest BCUT2D eigenvalue weighted by molar-refractivity contribution is 7.92. The number of methoxy groups -OCH3 is 1. The van der Waals surface area contributed by atoms with E-state index in [0.717, 1.165) is 6.42 Å². The summed E-state index contributed by atoms with van der Waals surface area (Å²) in [6.45, 7) is 2.71. The van der Waals surface area contributed by atoms with E-state index in [1.165, 1.54) is 7.11 Å². The average molecular weight is 266 g/mol. The van der Waals surface area contributed by atoms with Crippen LogP contribution in [-0.2, 0) is 19.4 Å². The Labute approximate surface area is 103 Å². The van der Waals surface area contributed by atoms with Crippen LogP contribution in [-0.4, -0.2) is 59.2 Å². The van der Waals surface area contributed by atoms with Gasteiger partial charge < -0.3 is 15.4 Å². The molecule has 0 aromatic rings. The Balaban J connectivity index is 4.22. The van der Waals surface area contributed by atoms with Gasteiger partial charge in [-0.05, 0) is 13.5 Å². The van der Waals surface area contributed by atoms with Crippen molar-refractivity contribution in [2.24, 2.45) is 0 Å². The quantitative estimate of drug-likeness (QED) is 0.568. The number of ether oxygens (including phenoxy) is 1. The molecular weight excluding hydrogens is 244 g/mol. The zero-order valence-corrected chi connectivity index (χ0v) is 11.5. The van der Waals surface area contributed by atoms with Crippen LogP contribution in [0.1, 0.15) is 13.3 Å². The van der Waals surface area contributed by atoms with E-state index >= 15 is 0 Å². The molecule has 0 heterocycles. The molecule has 1 atom stereocenters. The van der Waals surface area contributed by atoms with Crippen LogP contribution in [0.3, 0.4) is 0 Å². The van der Waals surface area contributed by atoms with Gasteiger partial charge >= 0.3 is 0 Å². The minimum Gasteiger partial charge on any atom is -0.383 e. The lowest BCUT2D eigenvalue weighted by atomic mass is 10.4. The molecule has 0 fully saturated rings. The van der Waals surface area contributed by atoms with E-state index in [1.807, 2.05) is 6.92 Å². The molecule has 2 N–H and O–H groups in total. The van der Waals surface area contributed by atoms with Crippen LogP contribution in [0.15, 0.2) is 0 Å². The smallest absolute Gasteiger partial charge is 0.235 e. The van der Waals surface area contributed by atoms with Gasteiger partial charge in [-0.3, -0.25) is 4.79 Å². The summed E-state index contributed by atoms with van der Waals surface area (Å²) >= 11 is 0. The average Bonchev–Trinajstić information content (AvgIpc) is 2.24. The van der Waals surface area contributed by atoms with Gasteiger partial charge in [-0.15, -0.1) is 0 Å². The molecule has 102 valence electrons. The summed E-state index contributed by atoms with van der Waals surface area (Å²) in [5.41, 5.74) is 0. The molecule has 0 aliphatic carbocycles. The standard InChI is InChI=1S/C10H22N2O4S/c1-4-5-12-10(13)8-17(14,15)7-9(11-2)6-16-3/h9,11H,4-8H2,1-3H3,(H,12,13). The number of carbonyl (C=O) groups excluding carboxylic acids is 1. The predicted octanol–water partition coefficient (Wildman–Crippen LogP) is -0.838. The number of sulfone groups is 1. The molecule has 0 aromatic heterocycles. The van der Waals surface area contributed by atoms with E-state index in [0.29, 0.717) is 13.2 Å². The number of nitrogens with one attached hydrogen (secondary N) is 2. The Kier molecular flexibility index (Phi) is 8.11. The van der Waals surface area contributed by atoms with Crippen molar-refractivity contribution in [3.8, 4) is 0 Å². The summed E-state index contributed by atoms with van der Waals surface area (Å²) in [5.74, 6) is -1.01. The first-order chi connectivity index (χ1) is 7.95. The molecule has 0 aromatic carbocycles. The Morgan fingerprint density at radius 1 is 1.41 bits per heavy atom. The molecular formula is C10H22N2O4S. The van der Waals surface area contributed by atoms with Crippen LogP contribution < -0.4 is 10.6 Å². The van der Waals surface area contributed by atoms with Crippen molar-refractivity contribution >= 4 is 15.7 Å². The fourth-order valence-electron chi connectivity index (χ4n) is 1.30. The molecule has 0 aliphatic rings. The van der Waals surface area contributed by atoms with Crippen molar-refractivity contribution in [2.45, 2.75) is 19.4 Å². The van der Waals surface area contributed by atoms with Gasteiger partial charge in [-0.25, -0.2) is 8.42 Å². The summed E-state index contributed by atoms with van der Waals surface area (Å²) in [6, 6.07) is -0.288. The summed E-state index contributed by atoms with van der Waals surface area (Å²) < 4.78 is 28.3. The van der Waals surface area contributed by atoms with Crippen molar-refractivity contribution in [2.75, 3.05) is 38.8 Å². The molecule has 0 saturated heterocycles. The number of hydrogen-bond acceptors (Lipinski definition) is 5. The van der Waals surface area contributed by atoms with Crippen LogP contribution in [0, 0.1) is 0 Å². The first-order valence-electron chi connectivity index (χ1n) is 5.58. The lowest BCUT2D eigenvalue weighted by Gasteiger charge is -2.15. The maximum absolute atomic E-state index is 11.7. The van der Waals surface area contributed by atoms with Gasteiger partial charge in [-0.1, -0.05) is 6.92 Å². The third kappa shape index (κ3) is 8.12. The van der Waals surface area contributed by atoms with Crippen LogP contribution in [0.4, 0.5) is 0 Å². The zero-order valence-electron chi connectivity index (χ0n) is 10.7. The predicted molar refractivity (Wildman–Crippen MR) is 66.7 cm³/mol. The van der Waals surface area contributed by atoms with Crippen molar-refractivity contribution in [3.05, 3.63) is 0 Å². The highest BCUT2D eigenvalue weighted by Crippen LogP contribution is 1.96. The normalized spacial score (nSPS) is 13.4. The van der Waals surface area contributed by atoms with Gasteiger partial charge in [0.2, 0.25) is 5.91 Å². The molecule has 0 bridgehead atoms. The summed E-state index contributed by atoms with van der Waals surface area (Å²) in [5, 5.41) is 5.38. The maximum atomic E-state index is 11.7. The topological polar surface area (TPSA) is 84.5 Å². The van der Waals surface area contributed by atoms with Gasteiger partial charge in [0.25, 0.3) is 0 Å². The van der Waals surface area contributed by atoms with Gasteiger partial charge in [0.15, 0.2) is 9.84 Å². The fourth-order valence-corrected chi connectivity index (χ4v) is 2.79. The van der Waals surface area contributed by atoms with E-state index in [-0.39, 0.29) is 11.8 Å². The molecule has 0 aliphatic heterocycles. The Morgan fingerprint density at radius 2 is 2.06 bits per heavy atom. The summed E-state index contributed by atoms with van der Waals surface area (Å²) in [4.78, 5) is 11.3. The number of amides is 1. The molecule has 0 radical (unpaired) electrons. The van der Waals surface area contributed by atoms with Gasteiger partial charge in [-0.2, -0.15) is 0 Å². The molecule has 6 nitrogen and oxygen atoms in total. The van der Waals surface area contributed by atoms with Gasteiger partial charge in [0.05, 0.1) is 12.4 Å². The second kappa shape index (κ2) is 8.43. The number of hydrogen-bond donors (Lipinski definition) is 2. The highest BCUT2D eigenvalue weighted by Gasteiger charge is 2.21. The Hall–Kier alpha value is -0.660. The number of carbonyl (C=O) groups is 1. The van der Waals surface area contributed by atoms with Crippen LogP contribution in [0.5, 0.6) is 0 Å². The van der Waals surface area contributed by atoms with Crippen LogP contribution in [0.2, 0.25) is 0 Å². The minimum atomic E-state index is -3.40. The third-order valence-corrected chi connectivity index (χ3v) is 3.77. The molecule has 1 amide bonds. The lowest BCUT2D eigenvalue weighted by Crippen LogP contribution is -2.40. The molecule has 0 saturated carbocycles. The van der Waals surface area contributed by atoms with E-state index < -0.39 is 21.5 Å². The van der Waals surface area contributed by atoms with Crippen molar-refractivity contribution in [3.63, 3.8) is 0 Å². The zero-order chi connectivity index (χ0) is 13.3. The largest absolute Gasteiger partial charge is 0.383 e. The Bertz CT molecular complexity index is 316. The molecule has 7 heteroatoms. The SMILES string of the molecule is CCCNC(=O)CS(=O)(=O)CC(COC)NC. The van der Waals surface area contributed by atoms with Crippen molar-refractivity contribution in [1.82, 2.24) is 10.6 Å². The molecule has 17 heavy (non-hydrogen) atoms. The Morgan fingerprint density at radius 3 is 2.53 bits per heavy atom. The first kappa shape index (κ1) is 16.3. The van der Waals surface area contributed by atoms with Crippen LogP contribution >= 0.6 is 0 Å². The second-order valence-corrected chi connectivity index (χ2v) is 5.95. The van der Waals surface area contributed by atoms with E-state index in [2.05, 4.69) is 10.6 Å². The number of rotatable bonds is 9. The van der Waals surface area contributed by atoms with Crippen molar-refractivity contribution in [1.29, 1.82) is 0 Å². The summed E-state index contributed by atoms with van der Waals surface area (Å²) in [6.07, 6.45) is 0.786. The first-order valence-corrected chi connectivity index (χ1v) is 7.40. The van der Waals surface area contributed by atoms with E-state index in [9.17, 15) is 13.2 Å². The molecule has 0 rings (SSSR count). The van der Waals surface area contributed by atoms with Gasteiger partial charge in [0, 0.05) is 19.7 Å². The van der Waals surface area contributed by atoms with E-state index in [1.54, 1.807) is 7.05 Å². The maximum Gasteiger partial charge on any atom is 0.235 e. The third-order valence-electron chi connectivity index (χ3n) is 2.15. The second-order valence-electron chi connectivity index (χ2n) is 3.85. The van der Waals surface area contributed by atoms with Gasteiger partial charge in [0.1, 0.15) is 5.75 Å². The monoisotopic (exact) mass is 266 g/mol.